The zero-order valence-corrected chi connectivity index (χ0v) is 12.8. The molecule has 2 aromatic rings. The van der Waals surface area contributed by atoms with Crippen molar-refractivity contribution in [2.45, 2.75) is 50.4 Å². The van der Waals surface area contributed by atoms with Gasteiger partial charge in [-0.3, -0.25) is 4.90 Å². The molecule has 1 aromatic carbocycles. The molecule has 4 heteroatoms. The zero-order chi connectivity index (χ0) is 14.4. The second-order valence-corrected chi connectivity index (χ2v) is 6.78. The van der Waals surface area contributed by atoms with Gasteiger partial charge in [-0.05, 0) is 37.8 Å². The van der Waals surface area contributed by atoms with E-state index in [2.05, 4.69) is 22.0 Å². The number of pyridine rings is 1. The van der Waals surface area contributed by atoms with Crippen molar-refractivity contribution >= 4 is 22.5 Å². The number of halogens is 1. The van der Waals surface area contributed by atoms with Crippen LogP contribution in [0.4, 0.5) is 0 Å². The Balaban J connectivity index is 1.64. The second kappa shape index (κ2) is 5.24. The standard InChI is InChI=1S/C17H20ClN3/c18-17-12(7-11-3-1-2-4-16(11)20-17)10-21-14-5-6-15(21)9-13(19)8-14/h1-4,7,13-15H,5-6,8-10,19H2. The highest BCUT2D eigenvalue weighted by atomic mass is 35.5. The molecule has 0 aliphatic carbocycles. The minimum absolute atomic E-state index is 0.379. The maximum Gasteiger partial charge on any atom is 0.134 e. The van der Waals surface area contributed by atoms with E-state index in [1.165, 1.54) is 12.8 Å². The molecule has 3 nitrogen and oxygen atoms in total. The third kappa shape index (κ3) is 2.44. The van der Waals surface area contributed by atoms with E-state index in [0.29, 0.717) is 23.3 Å². The summed E-state index contributed by atoms with van der Waals surface area (Å²) in [5.74, 6) is 0. The van der Waals surface area contributed by atoms with E-state index in [0.717, 1.165) is 35.9 Å². The van der Waals surface area contributed by atoms with Gasteiger partial charge in [-0.15, -0.1) is 0 Å². The fourth-order valence-corrected chi connectivity index (χ4v) is 4.22. The number of aromatic nitrogens is 1. The minimum atomic E-state index is 0.379. The molecule has 2 fully saturated rings. The van der Waals surface area contributed by atoms with E-state index in [1.807, 2.05) is 18.2 Å². The Kier molecular flexibility index (Phi) is 3.37. The summed E-state index contributed by atoms with van der Waals surface area (Å²) in [6, 6.07) is 12.0. The van der Waals surface area contributed by atoms with Crippen molar-refractivity contribution in [3.05, 3.63) is 41.0 Å². The number of para-hydroxylation sites is 1. The summed E-state index contributed by atoms with van der Waals surface area (Å²) in [6.07, 6.45) is 4.79. The maximum absolute atomic E-state index is 6.40. The van der Waals surface area contributed by atoms with Crippen LogP contribution in [0.2, 0.25) is 5.15 Å². The summed E-state index contributed by atoms with van der Waals surface area (Å²) >= 11 is 6.40. The van der Waals surface area contributed by atoms with Crippen LogP contribution in [-0.4, -0.2) is 28.0 Å². The minimum Gasteiger partial charge on any atom is -0.328 e. The highest BCUT2D eigenvalue weighted by molar-refractivity contribution is 6.30. The molecule has 0 radical (unpaired) electrons. The van der Waals surface area contributed by atoms with Crippen molar-refractivity contribution in [2.75, 3.05) is 0 Å². The van der Waals surface area contributed by atoms with Gasteiger partial charge >= 0.3 is 0 Å². The third-order valence-electron chi connectivity index (χ3n) is 5.02. The fourth-order valence-electron chi connectivity index (χ4n) is 4.02. The molecule has 0 spiro atoms. The Morgan fingerprint density at radius 2 is 1.90 bits per heavy atom. The molecule has 0 amide bonds. The smallest absolute Gasteiger partial charge is 0.134 e. The van der Waals surface area contributed by atoms with Crippen LogP contribution in [0.5, 0.6) is 0 Å². The molecule has 2 atom stereocenters. The van der Waals surface area contributed by atoms with Crippen LogP contribution in [-0.2, 0) is 6.54 Å². The Morgan fingerprint density at radius 3 is 2.67 bits per heavy atom. The molecule has 2 aliphatic heterocycles. The van der Waals surface area contributed by atoms with E-state index in [4.69, 9.17) is 17.3 Å². The quantitative estimate of drug-likeness (QED) is 0.865. The van der Waals surface area contributed by atoms with E-state index >= 15 is 0 Å². The monoisotopic (exact) mass is 301 g/mol. The summed E-state index contributed by atoms with van der Waals surface area (Å²) in [5, 5.41) is 1.81. The topological polar surface area (TPSA) is 42.1 Å². The first-order valence-corrected chi connectivity index (χ1v) is 8.14. The number of rotatable bonds is 2. The number of fused-ring (bicyclic) bond motifs is 3. The summed E-state index contributed by atoms with van der Waals surface area (Å²) < 4.78 is 0. The number of nitrogens with zero attached hydrogens (tertiary/aromatic N) is 2. The van der Waals surface area contributed by atoms with Gasteiger partial charge in [-0.25, -0.2) is 4.98 Å². The van der Waals surface area contributed by atoms with E-state index < -0.39 is 0 Å². The SMILES string of the molecule is NC1CC2CCC(C1)N2Cc1cc2ccccc2nc1Cl. The lowest BCUT2D eigenvalue weighted by Crippen LogP contribution is -2.46. The molecule has 2 N–H and O–H groups in total. The molecule has 2 unspecified atom stereocenters. The lowest BCUT2D eigenvalue weighted by molar-refractivity contribution is 0.120. The lowest BCUT2D eigenvalue weighted by Gasteiger charge is -2.37. The van der Waals surface area contributed by atoms with Crippen LogP contribution in [0.3, 0.4) is 0 Å². The summed E-state index contributed by atoms with van der Waals surface area (Å²) in [6.45, 7) is 0.902. The van der Waals surface area contributed by atoms with Crippen LogP contribution in [0.1, 0.15) is 31.2 Å². The molecule has 1 aromatic heterocycles. The average Bonchev–Trinajstić information content (AvgIpc) is 2.70. The number of hydrogen-bond donors (Lipinski definition) is 1. The normalized spacial score (nSPS) is 29.1. The molecule has 21 heavy (non-hydrogen) atoms. The molecule has 110 valence electrons. The first-order chi connectivity index (χ1) is 10.2. The molecule has 0 saturated carbocycles. The summed E-state index contributed by atoms with van der Waals surface area (Å²) in [5.41, 5.74) is 8.26. The van der Waals surface area contributed by atoms with E-state index in [9.17, 15) is 0 Å². The molecule has 2 bridgehead atoms. The van der Waals surface area contributed by atoms with Gasteiger partial charge in [-0.1, -0.05) is 29.8 Å². The van der Waals surface area contributed by atoms with E-state index in [-0.39, 0.29) is 0 Å². The number of nitrogens with two attached hydrogens (primary N) is 1. The molecular weight excluding hydrogens is 282 g/mol. The van der Waals surface area contributed by atoms with Crippen molar-refractivity contribution in [2.24, 2.45) is 5.73 Å². The van der Waals surface area contributed by atoms with Crippen LogP contribution in [0, 0.1) is 0 Å². The highest BCUT2D eigenvalue weighted by Gasteiger charge is 2.39. The molecule has 4 rings (SSSR count). The zero-order valence-electron chi connectivity index (χ0n) is 12.0. The molecule has 3 heterocycles. The third-order valence-corrected chi connectivity index (χ3v) is 5.35. The Morgan fingerprint density at radius 1 is 1.19 bits per heavy atom. The average molecular weight is 302 g/mol. The van der Waals surface area contributed by atoms with Gasteiger partial charge in [0.2, 0.25) is 0 Å². The van der Waals surface area contributed by atoms with Gasteiger partial charge in [0.25, 0.3) is 0 Å². The first-order valence-electron chi connectivity index (χ1n) is 7.76. The van der Waals surface area contributed by atoms with Gasteiger partial charge < -0.3 is 5.73 Å². The summed E-state index contributed by atoms with van der Waals surface area (Å²) in [7, 11) is 0. The number of hydrogen-bond acceptors (Lipinski definition) is 3. The predicted molar refractivity (Wildman–Crippen MR) is 86.3 cm³/mol. The predicted octanol–water partition coefficient (Wildman–Crippen LogP) is 3.34. The van der Waals surface area contributed by atoms with Crippen LogP contribution in [0.15, 0.2) is 30.3 Å². The maximum atomic E-state index is 6.40. The van der Waals surface area contributed by atoms with Crippen molar-refractivity contribution in [1.29, 1.82) is 0 Å². The highest BCUT2D eigenvalue weighted by Crippen LogP contribution is 2.37. The van der Waals surface area contributed by atoms with Crippen LogP contribution < -0.4 is 5.73 Å². The van der Waals surface area contributed by atoms with Gasteiger partial charge in [0.05, 0.1) is 5.52 Å². The Bertz CT molecular complexity index is 658. The van der Waals surface area contributed by atoms with Crippen molar-refractivity contribution < 1.29 is 0 Å². The Labute approximate surface area is 130 Å². The van der Waals surface area contributed by atoms with Crippen LogP contribution in [0.25, 0.3) is 10.9 Å². The van der Waals surface area contributed by atoms with Crippen molar-refractivity contribution in [3.63, 3.8) is 0 Å². The number of benzene rings is 1. The first kappa shape index (κ1) is 13.5. The van der Waals surface area contributed by atoms with Gasteiger partial charge in [-0.2, -0.15) is 0 Å². The molecular formula is C17H20ClN3. The molecule has 2 aliphatic rings. The fraction of sp³-hybridized carbons (Fsp3) is 0.471. The van der Waals surface area contributed by atoms with Gasteiger partial charge in [0, 0.05) is 35.6 Å². The van der Waals surface area contributed by atoms with Crippen molar-refractivity contribution in [1.82, 2.24) is 9.88 Å². The number of piperidine rings is 1. The van der Waals surface area contributed by atoms with Crippen LogP contribution >= 0.6 is 11.6 Å². The van der Waals surface area contributed by atoms with Crippen molar-refractivity contribution in [3.8, 4) is 0 Å². The lowest BCUT2D eigenvalue weighted by atomic mass is 9.97. The van der Waals surface area contributed by atoms with Gasteiger partial charge in [0.1, 0.15) is 5.15 Å². The largest absolute Gasteiger partial charge is 0.328 e. The Hall–Kier alpha value is -1.16. The second-order valence-electron chi connectivity index (χ2n) is 6.42. The molecule has 2 saturated heterocycles. The van der Waals surface area contributed by atoms with Gasteiger partial charge in [0.15, 0.2) is 0 Å². The summed E-state index contributed by atoms with van der Waals surface area (Å²) in [4.78, 5) is 7.14. The van der Waals surface area contributed by atoms with E-state index in [1.54, 1.807) is 0 Å².